The van der Waals surface area contributed by atoms with Gasteiger partial charge < -0.3 is 9.57 Å². The second-order valence-corrected chi connectivity index (χ2v) is 6.45. The van der Waals surface area contributed by atoms with Crippen LogP contribution in [0, 0.1) is 0 Å². The van der Waals surface area contributed by atoms with Gasteiger partial charge in [0.1, 0.15) is 5.75 Å². The highest BCUT2D eigenvalue weighted by molar-refractivity contribution is 6.30. The zero-order valence-corrected chi connectivity index (χ0v) is 15.3. The van der Waals surface area contributed by atoms with Gasteiger partial charge in [-0.3, -0.25) is 0 Å². The Labute approximate surface area is 162 Å². The molecule has 1 heterocycles. The predicted molar refractivity (Wildman–Crippen MR) is 105 cm³/mol. The number of para-hydroxylation sites is 1. The summed E-state index contributed by atoms with van der Waals surface area (Å²) in [5.74, 6) is 0.740. The average Bonchev–Trinajstić information content (AvgIpc) is 3.06. The van der Waals surface area contributed by atoms with Gasteiger partial charge in [-0.2, -0.15) is 5.06 Å². The third-order valence-corrected chi connectivity index (χ3v) is 4.59. The normalized spacial score (nSPS) is 16.4. The van der Waals surface area contributed by atoms with Gasteiger partial charge in [-0.15, -0.1) is 0 Å². The molecular formula is C21H17ClN2O3. The molecule has 0 aliphatic carbocycles. The first-order chi connectivity index (χ1) is 13.2. The molecule has 0 unspecified atom stereocenters. The fourth-order valence-electron chi connectivity index (χ4n) is 3.08. The number of benzene rings is 3. The van der Waals surface area contributed by atoms with Gasteiger partial charge in [0.25, 0.3) is 0 Å². The monoisotopic (exact) mass is 380 g/mol. The molecule has 1 aliphatic heterocycles. The van der Waals surface area contributed by atoms with Crippen LogP contribution in [0.1, 0.15) is 11.7 Å². The van der Waals surface area contributed by atoms with Crippen LogP contribution in [-0.4, -0.2) is 13.2 Å². The standard InChI is InChI=1S/C21H17ClN2O3/c1-26-19-12-10-15(11-13-19)20-23(18-9-5-6-16(22)14-18)21(25)27-24(20)17-7-3-2-4-8-17/h2-14,20H,1H3/t20-/m0/s1. The molecule has 0 spiro atoms. The summed E-state index contributed by atoms with van der Waals surface area (Å²) in [6, 6.07) is 24.2. The SMILES string of the molecule is COc1ccc([C@@H]2N(c3ccccc3)OC(=O)N2c2cccc(Cl)c2)cc1. The van der Waals surface area contributed by atoms with Crippen molar-refractivity contribution in [2.75, 3.05) is 17.1 Å². The second-order valence-electron chi connectivity index (χ2n) is 6.02. The molecule has 5 nitrogen and oxygen atoms in total. The molecule has 1 atom stereocenters. The van der Waals surface area contributed by atoms with Gasteiger partial charge in [0, 0.05) is 5.02 Å². The predicted octanol–water partition coefficient (Wildman–Crippen LogP) is 5.43. The van der Waals surface area contributed by atoms with Crippen molar-refractivity contribution in [2.24, 2.45) is 0 Å². The number of carbonyl (C=O) groups is 1. The fourth-order valence-corrected chi connectivity index (χ4v) is 3.27. The Morgan fingerprint density at radius 3 is 2.30 bits per heavy atom. The zero-order valence-electron chi connectivity index (χ0n) is 14.6. The fraction of sp³-hybridized carbons (Fsp3) is 0.0952. The van der Waals surface area contributed by atoms with Gasteiger partial charge in [0.05, 0.1) is 18.5 Å². The molecule has 1 aliphatic rings. The van der Waals surface area contributed by atoms with E-state index in [1.54, 1.807) is 35.3 Å². The molecule has 1 amide bonds. The van der Waals surface area contributed by atoms with E-state index >= 15 is 0 Å². The Balaban J connectivity index is 1.82. The Bertz CT molecular complexity index is 947. The molecule has 1 fully saturated rings. The number of rotatable bonds is 4. The number of carbonyl (C=O) groups excluding carboxylic acids is 1. The van der Waals surface area contributed by atoms with E-state index in [9.17, 15) is 4.79 Å². The van der Waals surface area contributed by atoms with Crippen LogP contribution in [-0.2, 0) is 4.84 Å². The van der Waals surface area contributed by atoms with Gasteiger partial charge >= 0.3 is 6.09 Å². The van der Waals surface area contributed by atoms with Crippen molar-refractivity contribution in [3.63, 3.8) is 0 Å². The summed E-state index contributed by atoms with van der Waals surface area (Å²) in [4.78, 5) is 20.0. The van der Waals surface area contributed by atoms with Crippen molar-refractivity contribution in [3.05, 3.63) is 89.4 Å². The smallest absolute Gasteiger partial charge is 0.440 e. The van der Waals surface area contributed by atoms with Crippen molar-refractivity contribution < 1.29 is 14.4 Å². The third kappa shape index (κ3) is 3.29. The van der Waals surface area contributed by atoms with E-state index in [4.69, 9.17) is 21.2 Å². The first-order valence-corrected chi connectivity index (χ1v) is 8.80. The van der Waals surface area contributed by atoms with Crippen LogP contribution in [0.15, 0.2) is 78.9 Å². The van der Waals surface area contributed by atoms with E-state index in [-0.39, 0.29) is 0 Å². The first kappa shape index (κ1) is 17.2. The molecular weight excluding hydrogens is 364 g/mol. The number of hydrogen-bond donors (Lipinski definition) is 0. The van der Waals surface area contributed by atoms with Gasteiger partial charge in [-0.1, -0.05) is 48.0 Å². The van der Waals surface area contributed by atoms with Crippen LogP contribution in [0.3, 0.4) is 0 Å². The Hall–Kier alpha value is -3.18. The van der Waals surface area contributed by atoms with E-state index < -0.39 is 12.3 Å². The van der Waals surface area contributed by atoms with Crippen LogP contribution in [0.4, 0.5) is 16.2 Å². The minimum Gasteiger partial charge on any atom is -0.497 e. The molecule has 3 aromatic carbocycles. The van der Waals surface area contributed by atoms with Crippen molar-refractivity contribution in [1.29, 1.82) is 0 Å². The molecule has 0 aromatic heterocycles. The van der Waals surface area contributed by atoms with Crippen LogP contribution < -0.4 is 14.7 Å². The lowest BCUT2D eigenvalue weighted by molar-refractivity contribution is 0.164. The molecule has 136 valence electrons. The van der Waals surface area contributed by atoms with Crippen LogP contribution in [0.25, 0.3) is 0 Å². The number of hydrogen-bond acceptors (Lipinski definition) is 4. The van der Waals surface area contributed by atoms with Crippen LogP contribution in [0.5, 0.6) is 5.75 Å². The largest absolute Gasteiger partial charge is 0.497 e. The highest BCUT2D eigenvalue weighted by Crippen LogP contribution is 2.40. The molecule has 3 aromatic rings. The summed E-state index contributed by atoms with van der Waals surface area (Å²) >= 11 is 6.15. The van der Waals surface area contributed by atoms with Gasteiger partial charge in [0.15, 0.2) is 6.17 Å². The van der Waals surface area contributed by atoms with E-state index in [0.29, 0.717) is 10.7 Å². The molecule has 1 saturated heterocycles. The zero-order chi connectivity index (χ0) is 18.8. The molecule has 0 radical (unpaired) electrons. The molecule has 0 N–H and O–H groups in total. The van der Waals surface area contributed by atoms with E-state index in [1.807, 2.05) is 60.7 Å². The Morgan fingerprint density at radius 2 is 1.63 bits per heavy atom. The number of amides is 1. The molecule has 0 bridgehead atoms. The van der Waals surface area contributed by atoms with E-state index in [1.165, 1.54) is 0 Å². The molecule has 0 saturated carbocycles. The average molecular weight is 381 g/mol. The van der Waals surface area contributed by atoms with E-state index in [2.05, 4.69) is 0 Å². The summed E-state index contributed by atoms with van der Waals surface area (Å²) in [5.41, 5.74) is 2.31. The van der Waals surface area contributed by atoms with Crippen LogP contribution in [0.2, 0.25) is 5.02 Å². The van der Waals surface area contributed by atoms with Crippen molar-refractivity contribution >= 4 is 29.1 Å². The number of hydroxylamine groups is 1. The number of anilines is 2. The maximum Gasteiger partial charge on any atom is 0.440 e. The highest BCUT2D eigenvalue weighted by atomic mass is 35.5. The maximum atomic E-state index is 12.8. The summed E-state index contributed by atoms with van der Waals surface area (Å²) in [6.45, 7) is 0. The lowest BCUT2D eigenvalue weighted by Gasteiger charge is -2.27. The van der Waals surface area contributed by atoms with E-state index in [0.717, 1.165) is 17.0 Å². The van der Waals surface area contributed by atoms with Gasteiger partial charge in [0.2, 0.25) is 0 Å². The summed E-state index contributed by atoms with van der Waals surface area (Å²) in [5, 5.41) is 2.15. The molecule has 27 heavy (non-hydrogen) atoms. The lowest BCUT2D eigenvalue weighted by atomic mass is 10.1. The van der Waals surface area contributed by atoms with Gasteiger partial charge in [-0.25, -0.2) is 9.69 Å². The first-order valence-electron chi connectivity index (χ1n) is 8.42. The Morgan fingerprint density at radius 1 is 0.926 bits per heavy atom. The number of nitrogens with zero attached hydrogens (tertiary/aromatic N) is 2. The third-order valence-electron chi connectivity index (χ3n) is 4.35. The highest BCUT2D eigenvalue weighted by Gasteiger charge is 2.42. The quantitative estimate of drug-likeness (QED) is 0.605. The summed E-state index contributed by atoms with van der Waals surface area (Å²) in [7, 11) is 1.62. The molecule has 4 rings (SSSR count). The minimum atomic E-state index is -0.482. The number of ether oxygens (including phenoxy) is 1. The second kappa shape index (κ2) is 7.21. The summed E-state index contributed by atoms with van der Waals surface area (Å²) < 4.78 is 5.25. The minimum absolute atomic E-state index is 0.470. The topological polar surface area (TPSA) is 42.0 Å². The van der Waals surface area contributed by atoms with Crippen molar-refractivity contribution in [1.82, 2.24) is 0 Å². The number of halogens is 1. The van der Waals surface area contributed by atoms with Crippen molar-refractivity contribution in [3.8, 4) is 5.75 Å². The number of methoxy groups -OCH3 is 1. The molecule has 6 heteroatoms. The van der Waals surface area contributed by atoms with Crippen molar-refractivity contribution in [2.45, 2.75) is 6.17 Å². The van der Waals surface area contributed by atoms with Crippen LogP contribution >= 0.6 is 11.6 Å². The van der Waals surface area contributed by atoms with Gasteiger partial charge in [-0.05, 0) is 48.0 Å². The maximum absolute atomic E-state index is 12.8. The Kier molecular flexibility index (Phi) is 4.60. The lowest BCUT2D eigenvalue weighted by Crippen LogP contribution is -2.31. The summed E-state index contributed by atoms with van der Waals surface area (Å²) in [6.07, 6.45) is -0.953.